The number of ether oxygens (including phenoxy) is 1. The second kappa shape index (κ2) is 12.3. The van der Waals surface area contributed by atoms with Crippen LogP contribution in [0.1, 0.15) is 13.8 Å². The van der Waals surface area contributed by atoms with Crippen LogP contribution in [0.4, 0.5) is 33.7 Å². The minimum Gasteiger partial charge on any atom is -0.450 e. The van der Waals surface area contributed by atoms with E-state index in [1.165, 1.54) is 6.92 Å². The lowest BCUT2D eigenvalue weighted by Crippen LogP contribution is -2.49. The van der Waals surface area contributed by atoms with E-state index in [4.69, 9.17) is 15.5 Å². The number of hydrogen-bond donors (Lipinski definition) is 2. The summed E-state index contributed by atoms with van der Waals surface area (Å²) in [6.07, 6.45) is -0.267. The summed E-state index contributed by atoms with van der Waals surface area (Å²) < 4.78 is 44.0. The molecule has 0 aromatic carbocycles. The summed E-state index contributed by atoms with van der Waals surface area (Å²) >= 11 is 0. The largest absolute Gasteiger partial charge is 0.673 e. The van der Waals surface area contributed by atoms with Gasteiger partial charge >= 0.3 is 13.3 Å². The minimum absolute atomic E-state index is 0.146. The molecule has 0 saturated carbocycles. The number of carbonyl (C=O) groups is 2. The van der Waals surface area contributed by atoms with Gasteiger partial charge in [0.1, 0.15) is 11.6 Å². The fraction of sp³-hybridized carbons (Fsp3) is 0.500. The zero-order valence-electron chi connectivity index (χ0n) is 15.4. The third-order valence-corrected chi connectivity index (χ3v) is 3.17. The molecule has 1 aliphatic heterocycles. The molecule has 0 bridgehead atoms. The molecule has 0 aliphatic carbocycles. The number of amides is 2. The van der Waals surface area contributed by atoms with Crippen LogP contribution in [0.2, 0.25) is 0 Å². The summed E-state index contributed by atoms with van der Waals surface area (Å²) in [5.74, 6) is 1.18. The molecular formula is C14H21BF4N6O3. The lowest BCUT2D eigenvalue weighted by molar-refractivity contribution is -0.175. The Bertz CT molecular complexity index is 647. The Hall–Kier alpha value is -3.11. The third-order valence-electron chi connectivity index (χ3n) is 3.17. The van der Waals surface area contributed by atoms with Gasteiger partial charge in [-0.15, -0.1) is 0 Å². The number of diazo groups is 1. The van der Waals surface area contributed by atoms with Crippen LogP contribution in [0.15, 0.2) is 18.2 Å². The first-order valence-electron chi connectivity index (χ1n) is 8.11. The molecule has 1 fully saturated rings. The zero-order valence-corrected chi connectivity index (χ0v) is 15.4. The van der Waals surface area contributed by atoms with Gasteiger partial charge in [-0.1, -0.05) is 6.07 Å². The van der Waals surface area contributed by atoms with Crippen molar-refractivity contribution in [3.63, 3.8) is 0 Å². The molecule has 1 saturated heterocycles. The Morgan fingerprint density at radius 1 is 1.21 bits per heavy atom. The Morgan fingerprint density at radius 3 is 2.21 bits per heavy atom. The van der Waals surface area contributed by atoms with Gasteiger partial charge in [-0.25, -0.2) is 9.78 Å². The lowest BCUT2D eigenvalue weighted by Gasteiger charge is -2.34. The fourth-order valence-corrected chi connectivity index (χ4v) is 2.18. The first-order chi connectivity index (χ1) is 13.1. The molecule has 1 aliphatic rings. The van der Waals surface area contributed by atoms with Crippen LogP contribution in [0.3, 0.4) is 0 Å². The predicted octanol–water partition coefficient (Wildman–Crippen LogP) is 0.898. The SMILES string of the molecule is CCOC(=O)N1CCN(c2cccc(NC(C)=O)n2)CC1.F[B-](F)(F)F.N#[NH+]. The number of halogens is 4. The molecule has 9 nitrogen and oxygen atoms in total. The molecule has 2 amide bonds. The zero-order chi connectivity index (χ0) is 21.7. The Kier molecular flexibility index (Phi) is 10.9. The van der Waals surface area contributed by atoms with Crippen LogP contribution in [-0.4, -0.2) is 61.9 Å². The Balaban J connectivity index is 0.000000906. The number of pyridine rings is 1. The Labute approximate surface area is 159 Å². The summed E-state index contributed by atoms with van der Waals surface area (Å²) in [5, 5.41) is 13.7. The van der Waals surface area contributed by atoms with E-state index in [0.717, 1.165) is 5.82 Å². The number of nitrogens with one attached hydrogen (secondary N) is 2. The number of rotatable bonds is 3. The number of carbonyl (C=O) groups excluding carboxylic acids is 2. The van der Waals surface area contributed by atoms with E-state index >= 15 is 0 Å². The molecular weight excluding hydrogens is 387 g/mol. The highest BCUT2D eigenvalue weighted by atomic mass is 19.5. The summed E-state index contributed by atoms with van der Waals surface area (Å²) in [5.41, 5.74) is 0. The van der Waals surface area contributed by atoms with Gasteiger partial charge in [0.2, 0.25) is 11.3 Å². The maximum absolute atomic E-state index is 11.6. The van der Waals surface area contributed by atoms with Crippen LogP contribution in [0.5, 0.6) is 0 Å². The molecule has 0 radical (unpaired) electrons. The van der Waals surface area contributed by atoms with Crippen molar-refractivity contribution in [3.8, 4) is 0 Å². The van der Waals surface area contributed by atoms with Gasteiger partial charge < -0.3 is 37.1 Å². The molecule has 0 atom stereocenters. The average molecular weight is 408 g/mol. The van der Waals surface area contributed by atoms with Crippen molar-refractivity contribution < 1.29 is 37.0 Å². The molecule has 14 heteroatoms. The van der Waals surface area contributed by atoms with Crippen molar-refractivity contribution >= 4 is 30.9 Å². The normalized spacial score (nSPS) is 13.3. The van der Waals surface area contributed by atoms with Gasteiger partial charge in [-0.05, 0) is 19.1 Å². The van der Waals surface area contributed by atoms with E-state index in [0.29, 0.717) is 38.6 Å². The second-order valence-corrected chi connectivity index (χ2v) is 5.23. The van der Waals surface area contributed by atoms with Gasteiger partial charge in [0, 0.05) is 33.1 Å². The summed E-state index contributed by atoms with van der Waals surface area (Å²) in [7, 11) is -6.00. The van der Waals surface area contributed by atoms with Crippen molar-refractivity contribution in [2.24, 2.45) is 0 Å². The van der Waals surface area contributed by atoms with Gasteiger partial charge in [0.25, 0.3) is 0 Å². The average Bonchev–Trinajstić information content (AvgIpc) is 2.62. The molecule has 156 valence electrons. The first-order valence-corrected chi connectivity index (χ1v) is 8.11. The molecule has 1 aromatic heterocycles. The van der Waals surface area contributed by atoms with Crippen molar-refractivity contribution in [1.82, 2.24) is 9.88 Å². The van der Waals surface area contributed by atoms with Gasteiger partial charge in [-0.3, -0.25) is 4.79 Å². The molecule has 1 aromatic rings. The van der Waals surface area contributed by atoms with E-state index in [9.17, 15) is 26.9 Å². The quantitative estimate of drug-likeness (QED) is 0.435. The predicted molar refractivity (Wildman–Crippen MR) is 92.2 cm³/mol. The fourth-order valence-electron chi connectivity index (χ4n) is 2.18. The van der Waals surface area contributed by atoms with Crippen LogP contribution >= 0.6 is 0 Å². The van der Waals surface area contributed by atoms with Crippen molar-refractivity contribution in [1.29, 1.82) is 5.39 Å². The van der Waals surface area contributed by atoms with E-state index in [1.54, 1.807) is 17.9 Å². The van der Waals surface area contributed by atoms with Crippen LogP contribution < -0.4 is 15.6 Å². The van der Waals surface area contributed by atoms with Crippen LogP contribution in [0.25, 0.3) is 0 Å². The van der Waals surface area contributed by atoms with E-state index in [2.05, 4.69) is 15.2 Å². The monoisotopic (exact) mass is 408 g/mol. The van der Waals surface area contributed by atoms with Gasteiger partial charge in [-0.2, -0.15) is 0 Å². The maximum Gasteiger partial charge on any atom is 0.673 e. The minimum atomic E-state index is -6.00. The number of hydrogen-bond acceptors (Lipinski definition) is 6. The smallest absolute Gasteiger partial charge is 0.450 e. The lowest BCUT2D eigenvalue weighted by atomic mass is 10.3. The summed E-state index contributed by atoms with van der Waals surface area (Å²) in [4.78, 5) is 30.9. The van der Waals surface area contributed by atoms with E-state index in [1.807, 2.05) is 12.1 Å². The second-order valence-electron chi connectivity index (χ2n) is 5.23. The molecule has 2 rings (SSSR count). The first kappa shape index (κ1) is 24.9. The third kappa shape index (κ3) is 10.8. The summed E-state index contributed by atoms with van der Waals surface area (Å²) in [6.45, 7) is 6.22. The molecule has 2 N–H and O–H groups in total. The summed E-state index contributed by atoms with van der Waals surface area (Å²) in [6, 6.07) is 5.50. The number of aromatic nitrogens is 1. The van der Waals surface area contributed by atoms with Crippen LogP contribution in [0, 0.1) is 5.39 Å². The Morgan fingerprint density at radius 2 is 1.75 bits per heavy atom. The van der Waals surface area contributed by atoms with Crippen molar-refractivity contribution in [3.05, 3.63) is 18.2 Å². The highest BCUT2D eigenvalue weighted by Gasteiger charge is 2.22. The topological polar surface area (TPSA) is 122 Å². The molecule has 0 spiro atoms. The standard InChI is InChI=1S/C14H20N4O3.BF4.N2/c1-3-21-14(20)18-9-7-17(8-10-18)13-6-4-5-12(16-13)15-11(2)19;2-1(3,4)5;1-2/h4-6H,3,7-10H2,1-2H3,(H,15,16,19);;/q;-1;/p+1. The molecule has 28 heavy (non-hydrogen) atoms. The number of piperazine rings is 1. The molecule has 0 unspecified atom stereocenters. The maximum atomic E-state index is 11.6. The van der Waals surface area contributed by atoms with E-state index in [-0.39, 0.29) is 12.0 Å². The van der Waals surface area contributed by atoms with Gasteiger partial charge in [0.15, 0.2) is 0 Å². The van der Waals surface area contributed by atoms with Crippen LogP contribution in [-0.2, 0) is 9.53 Å². The van der Waals surface area contributed by atoms with Crippen molar-refractivity contribution in [2.75, 3.05) is 43.0 Å². The van der Waals surface area contributed by atoms with E-state index < -0.39 is 7.25 Å². The number of nitrogens with zero attached hydrogens (tertiary/aromatic N) is 4. The van der Waals surface area contributed by atoms with Crippen molar-refractivity contribution in [2.45, 2.75) is 13.8 Å². The molecule has 2 heterocycles. The number of anilines is 2. The van der Waals surface area contributed by atoms with Gasteiger partial charge in [0.05, 0.1) is 12.0 Å². The highest BCUT2D eigenvalue weighted by molar-refractivity contribution is 6.50. The highest BCUT2D eigenvalue weighted by Crippen LogP contribution is 2.16.